The summed E-state index contributed by atoms with van der Waals surface area (Å²) in [5.74, 6) is -0.805. The van der Waals surface area contributed by atoms with Crippen molar-refractivity contribution in [2.45, 2.75) is 122 Å². The molecule has 4 heterocycles. The smallest absolute Gasteiger partial charge is 0.408 e. The number of benzene rings is 1. The van der Waals surface area contributed by atoms with Crippen LogP contribution in [-0.4, -0.2) is 130 Å². The van der Waals surface area contributed by atoms with E-state index in [0.717, 1.165) is 25.8 Å². The van der Waals surface area contributed by atoms with Crippen LogP contribution in [0.3, 0.4) is 0 Å². The van der Waals surface area contributed by atoms with E-state index in [1.165, 1.54) is 22.3 Å². The number of aliphatic carboxylic acids is 1. The molecule has 3 saturated carbocycles. The van der Waals surface area contributed by atoms with Gasteiger partial charge in [0, 0.05) is 53.8 Å². The lowest BCUT2D eigenvalue weighted by Crippen LogP contribution is -2.59. The van der Waals surface area contributed by atoms with Gasteiger partial charge in [-0.3, -0.25) is 14.5 Å². The highest BCUT2D eigenvalue weighted by Gasteiger charge is 2.61. The van der Waals surface area contributed by atoms with Gasteiger partial charge in [-0.2, -0.15) is 0 Å². The van der Waals surface area contributed by atoms with Crippen LogP contribution >= 0.6 is 22.9 Å². The van der Waals surface area contributed by atoms with Crippen molar-refractivity contribution in [3.05, 3.63) is 41.3 Å². The molecule has 5 fully saturated rings. The standard InChI is InChI=1S/C47H62ClN7O9S/c1-9-28-21-47(28,42(58)59)53-40(56)34-19-30(22-55(34)41(57)39(45(4,5)6)52-44(60)64-29-17-26-16-27(26)18-29)63-36-20-32(33-23-65-43(51-33)49-25(2)3)50-38-31(36)10-11-35(37(38)48)62-15-13-54-12-14-61-24-46(54,7)8/h9-11,20,23,25-30,34,39H,1,12-19,21-22,24H2,2-8H3,(H,49,51)(H,52,60)(H,53,56)(H,58,59)/t26-,27+,28-,29?,30?,34+,39-,47-/m1/s1. The first-order valence-electron chi connectivity index (χ1n) is 22.7. The van der Waals surface area contributed by atoms with Crippen LogP contribution in [0, 0.1) is 23.2 Å². The molecule has 2 saturated heterocycles. The minimum absolute atomic E-state index is 0.0172. The third-order valence-electron chi connectivity index (χ3n) is 13.5. The number of likely N-dealkylation sites (tertiary alicyclic amines) is 1. The molecule has 3 amide bonds. The number of carboxylic acids is 1. The zero-order chi connectivity index (χ0) is 46.6. The Balaban J connectivity index is 1.09. The number of alkyl carbamates (subject to hydrolysis) is 1. The van der Waals surface area contributed by atoms with Gasteiger partial charge in [0.15, 0.2) is 5.13 Å². The van der Waals surface area contributed by atoms with Gasteiger partial charge in [0.1, 0.15) is 58.7 Å². The number of carbonyl (C=O) groups is 4. The molecule has 352 valence electrons. The van der Waals surface area contributed by atoms with Crippen molar-refractivity contribution < 1.29 is 43.2 Å². The number of fused-ring (bicyclic) bond motifs is 2. The monoisotopic (exact) mass is 935 g/mol. The van der Waals surface area contributed by atoms with Crippen molar-refractivity contribution in [3.63, 3.8) is 0 Å². The minimum Gasteiger partial charge on any atom is -0.491 e. The highest BCUT2D eigenvalue weighted by molar-refractivity contribution is 7.14. The van der Waals surface area contributed by atoms with E-state index in [-0.39, 0.29) is 42.1 Å². The second-order valence-corrected chi connectivity index (χ2v) is 21.5. The van der Waals surface area contributed by atoms with Crippen LogP contribution in [0.4, 0.5) is 9.93 Å². The number of morpholine rings is 1. The summed E-state index contributed by atoms with van der Waals surface area (Å²) in [6.45, 7) is 20.6. The molecule has 2 unspecified atom stereocenters. The SMILES string of the molecule is C=C[C@@H]1C[C@]1(NC(=O)[C@@H]1CC(Oc2cc(-c3csc(NC(C)C)n3)nc3c(Cl)c(OCCN4CCOCC4(C)C)ccc23)CN1C(=O)[C@@H](NC(=O)OC1C[C@@H]2C[C@@H]2C1)C(C)(C)C)C(=O)O. The van der Waals surface area contributed by atoms with Crippen molar-refractivity contribution in [2.75, 3.05) is 44.8 Å². The van der Waals surface area contributed by atoms with Crippen molar-refractivity contribution >= 4 is 62.8 Å². The molecule has 8 rings (SSSR count). The summed E-state index contributed by atoms with van der Waals surface area (Å²) in [5, 5.41) is 22.6. The van der Waals surface area contributed by atoms with Crippen LogP contribution < -0.4 is 25.4 Å². The molecule has 2 aromatic heterocycles. The second kappa shape index (κ2) is 18.2. The summed E-state index contributed by atoms with van der Waals surface area (Å²) in [6, 6.07) is 3.30. The van der Waals surface area contributed by atoms with E-state index in [1.54, 1.807) is 12.1 Å². The first-order chi connectivity index (χ1) is 30.8. The Kier molecular flexibility index (Phi) is 13.1. The number of carboxylic acid groups (broad SMARTS) is 1. The van der Waals surface area contributed by atoms with Gasteiger partial charge in [-0.1, -0.05) is 38.4 Å². The predicted molar refractivity (Wildman–Crippen MR) is 247 cm³/mol. The Hall–Kier alpha value is -4.71. The van der Waals surface area contributed by atoms with E-state index in [9.17, 15) is 24.3 Å². The van der Waals surface area contributed by atoms with Crippen molar-refractivity contribution in [1.82, 2.24) is 30.4 Å². The largest absolute Gasteiger partial charge is 0.491 e. The van der Waals surface area contributed by atoms with Gasteiger partial charge < -0.3 is 44.9 Å². The molecular formula is C47H62ClN7O9S. The first-order valence-corrected chi connectivity index (χ1v) is 24.0. The Morgan fingerprint density at radius 1 is 1.08 bits per heavy atom. The number of halogens is 1. The van der Waals surface area contributed by atoms with Crippen LogP contribution in [0.2, 0.25) is 5.02 Å². The molecule has 0 radical (unpaired) electrons. The molecule has 16 nitrogen and oxygen atoms in total. The van der Waals surface area contributed by atoms with E-state index in [0.29, 0.717) is 77.1 Å². The Labute approximate surface area is 389 Å². The lowest BCUT2D eigenvalue weighted by molar-refractivity contribution is -0.146. The lowest BCUT2D eigenvalue weighted by Gasteiger charge is -2.41. The number of ether oxygens (including phenoxy) is 4. The summed E-state index contributed by atoms with van der Waals surface area (Å²) < 4.78 is 24.6. The maximum atomic E-state index is 14.8. The van der Waals surface area contributed by atoms with E-state index in [2.05, 4.69) is 41.3 Å². The molecule has 18 heteroatoms. The maximum absolute atomic E-state index is 14.8. The molecule has 3 aliphatic carbocycles. The van der Waals surface area contributed by atoms with E-state index in [4.69, 9.17) is 40.5 Å². The van der Waals surface area contributed by atoms with E-state index < -0.39 is 58.9 Å². The molecular weight excluding hydrogens is 874 g/mol. The molecule has 1 aromatic carbocycles. The number of aromatic nitrogens is 2. The molecule has 2 aliphatic heterocycles. The van der Waals surface area contributed by atoms with Gasteiger partial charge in [0.05, 0.1) is 31.0 Å². The maximum Gasteiger partial charge on any atom is 0.408 e. The molecule has 8 atom stereocenters. The van der Waals surface area contributed by atoms with Gasteiger partial charge in [-0.05, 0) is 82.8 Å². The number of carbonyl (C=O) groups excluding carboxylic acids is 3. The highest BCUT2D eigenvalue weighted by atomic mass is 35.5. The summed E-state index contributed by atoms with van der Waals surface area (Å²) in [4.78, 5) is 68.6. The molecule has 5 aliphatic rings. The van der Waals surface area contributed by atoms with Crippen LogP contribution in [-0.2, 0) is 23.9 Å². The Morgan fingerprint density at radius 2 is 1.83 bits per heavy atom. The minimum atomic E-state index is -1.54. The number of hydrogen-bond donors (Lipinski definition) is 4. The normalized spacial score (nSPS) is 27.4. The summed E-state index contributed by atoms with van der Waals surface area (Å²) in [6.07, 6.45) is 2.84. The van der Waals surface area contributed by atoms with Crippen LogP contribution in [0.15, 0.2) is 36.2 Å². The summed E-state index contributed by atoms with van der Waals surface area (Å²) in [5.41, 5.74) is -0.994. The third-order valence-corrected chi connectivity index (χ3v) is 14.6. The first kappa shape index (κ1) is 46.8. The Morgan fingerprint density at radius 3 is 2.49 bits per heavy atom. The Bertz CT molecular complexity index is 2330. The molecule has 0 spiro atoms. The van der Waals surface area contributed by atoms with Crippen LogP contribution in [0.5, 0.6) is 11.5 Å². The van der Waals surface area contributed by atoms with Crippen LogP contribution in [0.1, 0.15) is 80.6 Å². The fourth-order valence-electron chi connectivity index (χ4n) is 9.57. The number of nitrogens with one attached hydrogen (secondary N) is 3. The number of nitrogens with zero attached hydrogens (tertiary/aromatic N) is 4. The number of thiazole rings is 1. The summed E-state index contributed by atoms with van der Waals surface area (Å²) >= 11 is 8.60. The van der Waals surface area contributed by atoms with E-state index in [1.807, 2.05) is 46.1 Å². The van der Waals surface area contributed by atoms with Gasteiger partial charge in [-0.25, -0.2) is 19.6 Å². The molecule has 65 heavy (non-hydrogen) atoms. The van der Waals surface area contributed by atoms with E-state index >= 15 is 0 Å². The van der Waals surface area contributed by atoms with Gasteiger partial charge in [0.2, 0.25) is 11.8 Å². The lowest BCUT2D eigenvalue weighted by atomic mass is 9.85. The number of pyridine rings is 1. The molecule has 3 aromatic rings. The predicted octanol–water partition coefficient (Wildman–Crippen LogP) is 6.75. The molecule has 0 bridgehead atoms. The number of anilines is 1. The average Bonchev–Trinajstić information content (AvgIpc) is 3.91. The highest BCUT2D eigenvalue weighted by Crippen LogP contribution is 2.52. The number of hydrogen-bond acceptors (Lipinski definition) is 13. The molecule has 4 N–H and O–H groups in total. The second-order valence-electron chi connectivity index (χ2n) is 20.3. The topological polar surface area (TPSA) is 194 Å². The average molecular weight is 937 g/mol. The number of rotatable bonds is 16. The van der Waals surface area contributed by atoms with Gasteiger partial charge in [0.25, 0.3) is 0 Å². The third kappa shape index (κ3) is 10.0. The quantitative estimate of drug-likeness (QED) is 0.110. The van der Waals surface area contributed by atoms with Crippen molar-refractivity contribution in [3.8, 4) is 22.9 Å². The van der Waals surface area contributed by atoms with Crippen molar-refractivity contribution in [2.24, 2.45) is 23.2 Å². The van der Waals surface area contributed by atoms with Crippen LogP contribution in [0.25, 0.3) is 22.3 Å². The van der Waals surface area contributed by atoms with Gasteiger partial charge in [-0.15, -0.1) is 17.9 Å². The van der Waals surface area contributed by atoms with Gasteiger partial charge >= 0.3 is 12.1 Å². The fourth-order valence-corrected chi connectivity index (χ4v) is 10.7. The fraction of sp³-hybridized carbons (Fsp3) is 0.617. The number of amides is 3. The zero-order valence-electron chi connectivity index (χ0n) is 38.3. The summed E-state index contributed by atoms with van der Waals surface area (Å²) in [7, 11) is 0. The van der Waals surface area contributed by atoms with Crippen molar-refractivity contribution in [1.29, 1.82) is 0 Å². The zero-order valence-corrected chi connectivity index (χ0v) is 39.9.